The summed E-state index contributed by atoms with van der Waals surface area (Å²) in [6, 6.07) is 0. The Bertz CT molecular complexity index is 170. The van der Waals surface area contributed by atoms with Gasteiger partial charge in [0.1, 0.15) is 0 Å². The van der Waals surface area contributed by atoms with E-state index in [0.29, 0.717) is 6.10 Å². The quantitative estimate of drug-likeness (QED) is 0.655. The van der Waals surface area contributed by atoms with Crippen LogP contribution in [-0.4, -0.2) is 30.1 Å². The molecule has 0 heterocycles. The molecule has 0 saturated heterocycles. The minimum absolute atomic E-state index is 0.345. The first-order valence-corrected chi connectivity index (χ1v) is 4.70. The second kappa shape index (κ2) is 3.60. The summed E-state index contributed by atoms with van der Waals surface area (Å²) in [7, 11) is 1.36. The van der Waals surface area contributed by atoms with E-state index in [1.54, 1.807) is 13.8 Å². The lowest BCUT2D eigenvalue weighted by Gasteiger charge is -2.37. The molecule has 3 nitrogen and oxygen atoms in total. The van der Waals surface area contributed by atoms with Gasteiger partial charge in [0.2, 0.25) is 0 Å². The van der Waals surface area contributed by atoms with Crippen LogP contribution in [0.25, 0.3) is 0 Å². The molecule has 0 aromatic rings. The summed E-state index contributed by atoms with van der Waals surface area (Å²) in [5, 5.41) is 9.73. The van der Waals surface area contributed by atoms with Crippen LogP contribution in [0.5, 0.6) is 0 Å². The SMILES string of the molecule is CC(C)(O)C(C)(C)O[B]OC1CC1. The molecule has 1 fully saturated rings. The van der Waals surface area contributed by atoms with E-state index in [0.717, 1.165) is 12.8 Å². The first-order chi connectivity index (χ1) is 5.83. The second-order valence-corrected chi connectivity index (χ2v) is 4.62. The molecule has 0 unspecified atom stereocenters. The van der Waals surface area contributed by atoms with E-state index >= 15 is 0 Å². The van der Waals surface area contributed by atoms with Gasteiger partial charge in [0.05, 0.1) is 11.2 Å². The van der Waals surface area contributed by atoms with Gasteiger partial charge in [-0.1, -0.05) is 0 Å². The highest BCUT2D eigenvalue weighted by molar-refractivity contribution is 6.18. The van der Waals surface area contributed by atoms with Crippen LogP contribution >= 0.6 is 0 Å². The second-order valence-electron chi connectivity index (χ2n) is 4.62. The van der Waals surface area contributed by atoms with Gasteiger partial charge in [0.25, 0.3) is 0 Å². The van der Waals surface area contributed by atoms with Crippen LogP contribution in [0.2, 0.25) is 0 Å². The molecule has 0 bridgehead atoms. The van der Waals surface area contributed by atoms with Gasteiger partial charge in [-0.15, -0.1) is 0 Å². The summed E-state index contributed by atoms with van der Waals surface area (Å²) in [6.07, 6.45) is 2.57. The van der Waals surface area contributed by atoms with E-state index in [4.69, 9.17) is 9.31 Å². The first-order valence-electron chi connectivity index (χ1n) is 4.70. The molecular formula is C9H18BO3. The molecule has 75 valence electrons. The Balaban J connectivity index is 2.23. The lowest BCUT2D eigenvalue weighted by Crippen LogP contribution is -2.48. The maximum absolute atomic E-state index is 9.73. The Hall–Kier alpha value is -0.0551. The molecule has 1 saturated carbocycles. The van der Waals surface area contributed by atoms with Gasteiger partial charge in [0.15, 0.2) is 0 Å². The molecule has 1 radical (unpaired) electrons. The van der Waals surface area contributed by atoms with Crippen molar-refractivity contribution in [2.24, 2.45) is 0 Å². The molecule has 0 spiro atoms. The van der Waals surface area contributed by atoms with Crippen molar-refractivity contribution in [1.82, 2.24) is 0 Å². The summed E-state index contributed by atoms with van der Waals surface area (Å²) in [4.78, 5) is 0. The van der Waals surface area contributed by atoms with Gasteiger partial charge in [-0.3, -0.25) is 0 Å². The van der Waals surface area contributed by atoms with Crippen molar-refractivity contribution in [3.8, 4) is 0 Å². The summed E-state index contributed by atoms with van der Waals surface area (Å²) < 4.78 is 10.6. The molecule has 0 aliphatic heterocycles. The normalized spacial score (nSPS) is 18.8. The van der Waals surface area contributed by atoms with Crippen molar-refractivity contribution in [1.29, 1.82) is 0 Å². The van der Waals surface area contributed by atoms with Crippen molar-refractivity contribution in [2.75, 3.05) is 0 Å². The molecule has 0 aromatic carbocycles. The van der Waals surface area contributed by atoms with Crippen molar-refractivity contribution >= 4 is 7.69 Å². The number of hydrogen-bond donors (Lipinski definition) is 1. The van der Waals surface area contributed by atoms with Crippen molar-refractivity contribution in [2.45, 2.75) is 57.8 Å². The van der Waals surface area contributed by atoms with Gasteiger partial charge in [-0.2, -0.15) is 0 Å². The number of rotatable bonds is 5. The summed E-state index contributed by atoms with van der Waals surface area (Å²) in [5.41, 5.74) is -1.50. The van der Waals surface area contributed by atoms with Crippen molar-refractivity contribution in [3.05, 3.63) is 0 Å². The van der Waals surface area contributed by atoms with E-state index in [2.05, 4.69) is 0 Å². The molecule has 1 aliphatic carbocycles. The van der Waals surface area contributed by atoms with Gasteiger partial charge in [0, 0.05) is 6.10 Å². The van der Waals surface area contributed by atoms with Gasteiger partial charge in [-0.05, 0) is 40.5 Å². The number of hydrogen-bond acceptors (Lipinski definition) is 3. The van der Waals surface area contributed by atoms with E-state index in [1.165, 1.54) is 7.69 Å². The molecule has 4 heteroatoms. The zero-order chi connectivity index (χ0) is 10.1. The summed E-state index contributed by atoms with van der Waals surface area (Å²) in [6.45, 7) is 7.11. The van der Waals surface area contributed by atoms with Crippen LogP contribution in [0.15, 0.2) is 0 Å². The molecule has 1 rings (SSSR count). The summed E-state index contributed by atoms with van der Waals surface area (Å²) in [5.74, 6) is 0. The van der Waals surface area contributed by atoms with Crippen LogP contribution in [-0.2, 0) is 9.31 Å². The smallest absolute Gasteiger partial charge is 0.410 e. The van der Waals surface area contributed by atoms with E-state index in [-0.39, 0.29) is 0 Å². The Morgan fingerprint density at radius 3 is 2.15 bits per heavy atom. The molecular weight excluding hydrogens is 167 g/mol. The Morgan fingerprint density at radius 1 is 1.23 bits per heavy atom. The maximum atomic E-state index is 9.73. The minimum atomic E-state index is -0.879. The molecule has 0 atom stereocenters. The standard InChI is InChI=1S/C9H18BO3/c1-8(2,11)9(3,4)13-10-12-7-5-6-7/h7,11H,5-6H2,1-4H3. The van der Waals surface area contributed by atoms with E-state index in [1.807, 2.05) is 13.8 Å². The predicted octanol–water partition coefficient (Wildman–Crippen LogP) is 1.27. The maximum Gasteiger partial charge on any atom is 0.488 e. The zero-order valence-corrected chi connectivity index (χ0v) is 8.83. The van der Waals surface area contributed by atoms with Gasteiger partial charge < -0.3 is 14.4 Å². The van der Waals surface area contributed by atoms with Crippen LogP contribution in [0.3, 0.4) is 0 Å². The Morgan fingerprint density at radius 2 is 1.77 bits per heavy atom. The molecule has 13 heavy (non-hydrogen) atoms. The van der Waals surface area contributed by atoms with Crippen molar-refractivity contribution < 1.29 is 14.4 Å². The summed E-state index contributed by atoms with van der Waals surface area (Å²) >= 11 is 0. The Kier molecular flexibility index (Phi) is 3.05. The molecule has 0 aromatic heterocycles. The predicted molar refractivity (Wildman–Crippen MR) is 51.3 cm³/mol. The zero-order valence-electron chi connectivity index (χ0n) is 8.83. The third kappa shape index (κ3) is 3.29. The topological polar surface area (TPSA) is 38.7 Å². The van der Waals surface area contributed by atoms with Crippen LogP contribution in [0.4, 0.5) is 0 Å². The fourth-order valence-electron chi connectivity index (χ4n) is 0.575. The third-order valence-corrected chi connectivity index (χ3v) is 2.59. The van der Waals surface area contributed by atoms with Crippen molar-refractivity contribution in [3.63, 3.8) is 0 Å². The molecule has 1 aliphatic rings. The van der Waals surface area contributed by atoms with Gasteiger partial charge >= 0.3 is 7.69 Å². The molecule has 1 N–H and O–H groups in total. The number of aliphatic hydroxyl groups is 1. The van der Waals surface area contributed by atoms with Gasteiger partial charge in [-0.25, -0.2) is 0 Å². The average molecular weight is 185 g/mol. The monoisotopic (exact) mass is 185 g/mol. The lowest BCUT2D eigenvalue weighted by molar-refractivity contribution is -0.0981. The Labute approximate surface area is 80.7 Å². The largest absolute Gasteiger partial charge is 0.488 e. The highest BCUT2D eigenvalue weighted by atomic mass is 16.6. The minimum Gasteiger partial charge on any atom is -0.410 e. The van der Waals surface area contributed by atoms with Crippen LogP contribution in [0, 0.1) is 0 Å². The van der Waals surface area contributed by atoms with Crippen LogP contribution < -0.4 is 0 Å². The highest BCUT2D eigenvalue weighted by Crippen LogP contribution is 2.26. The lowest BCUT2D eigenvalue weighted by atomic mass is 9.89. The van der Waals surface area contributed by atoms with E-state index < -0.39 is 11.2 Å². The fraction of sp³-hybridized carbons (Fsp3) is 1.00. The van der Waals surface area contributed by atoms with Crippen LogP contribution in [0.1, 0.15) is 40.5 Å². The molecule has 0 amide bonds. The third-order valence-electron chi connectivity index (χ3n) is 2.59. The fourth-order valence-corrected chi connectivity index (χ4v) is 0.575. The average Bonchev–Trinajstić information content (AvgIpc) is 2.68. The first kappa shape index (κ1) is 11.0. The highest BCUT2D eigenvalue weighted by Gasteiger charge is 2.36. The van der Waals surface area contributed by atoms with E-state index in [9.17, 15) is 5.11 Å².